The number of halogens is 6. The van der Waals surface area contributed by atoms with Crippen molar-refractivity contribution in [2.45, 2.75) is 46.0 Å². The highest BCUT2D eigenvalue weighted by molar-refractivity contribution is 5.92. The van der Waals surface area contributed by atoms with Crippen LogP contribution in [-0.4, -0.2) is 25.2 Å². The van der Waals surface area contributed by atoms with Crippen molar-refractivity contribution >= 4 is 17.3 Å². The van der Waals surface area contributed by atoms with E-state index >= 15 is 0 Å². The number of benzene rings is 1. The first-order valence-corrected chi connectivity index (χ1v) is 10.6. The topological polar surface area (TPSA) is 32.3 Å². The molecule has 0 bridgehead atoms. The van der Waals surface area contributed by atoms with Gasteiger partial charge in [-0.15, -0.1) is 0 Å². The second-order valence-corrected chi connectivity index (χ2v) is 9.54. The van der Waals surface area contributed by atoms with Gasteiger partial charge in [0, 0.05) is 31.1 Å². The molecule has 1 aromatic rings. The van der Waals surface area contributed by atoms with E-state index in [0.29, 0.717) is 18.7 Å². The van der Waals surface area contributed by atoms with Gasteiger partial charge >= 0.3 is 12.4 Å². The summed E-state index contributed by atoms with van der Waals surface area (Å²) in [5, 5.41) is 2.37. The lowest BCUT2D eigenvalue weighted by atomic mass is 9.91. The molecule has 1 amide bonds. The quantitative estimate of drug-likeness (QED) is 0.486. The van der Waals surface area contributed by atoms with E-state index in [1.54, 1.807) is 4.90 Å². The fourth-order valence-electron chi connectivity index (χ4n) is 3.93. The van der Waals surface area contributed by atoms with Crippen LogP contribution in [0.15, 0.2) is 53.6 Å². The summed E-state index contributed by atoms with van der Waals surface area (Å²) in [6.07, 6.45) is -3.68. The van der Waals surface area contributed by atoms with Crippen molar-refractivity contribution in [1.29, 1.82) is 0 Å². The number of hydrogen-bond acceptors (Lipinski definition) is 2. The monoisotopic (exact) mass is 472 g/mol. The van der Waals surface area contributed by atoms with Crippen molar-refractivity contribution in [3.8, 4) is 0 Å². The van der Waals surface area contributed by atoms with E-state index in [9.17, 15) is 31.1 Å². The predicted octanol–water partition coefficient (Wildman–Crippen LogP) is 6.89. The van der Waals surface area contributed by atoms with Crippen LogP contribution in [0.5, 0.6) is 0 Å². The summed E-state index contributed by atoms with van der Waals surface area (Å²) in [5.41, 5.74) is -1.30. The molecule has 1 heterocycles. The standard InChI is InChI=1S/C24H26F6N2O/c1-22(2,3)13-21(33)31-20-9-8-18(12-19(20)24(28,29)30)32-11-10-15-4-6-17(23(25,26)27)7-5-16(15)14-32/h4-9,12,16H,10-11,13-14H2,1-3H3,(H,31,33). The minimum atomic E-state index is -4.69. The molecule has 3 rings (SSSR count). The smallest absolute Gasteiger partial charge is 0.370 e. The number of nitrogens with zero attached hydrogens (tertiary/aromatic N) is 1. The van der Waals surface area contributed by atoms with Crippen LogP contribution in [0.2, 0.25) is 0 Å². The molecule has 0 saturated carbocycles. The third kappa shape index (κ3) is 6.42. The molecule has 1 saturated heterocycles. The van der Waals surface area contributed by atoms with Crippen molar-refractivity contribution in [2.75, 3.05) is 23.3 Å². The van der Waals surface area contributed by atoms with E-state index in [2.05, 4.69) is 5.32 Å². The molecule has 180 valence electrons. The molecule has 1 unspecified atom stereocenters. The molecule has 33 heavy (non-hydrogen) atoms. The first-order valence-electron chi connectivity index (χ1n) is 10.6. The summed E-state index contributed by atoms with van der Waals surface area (Å²) < 4.78 is 80.3. The van der Waals surface area contributed by atoms with E-state index in [1.807, 2.05) is 20.8 Å². The number of carbonyl (C=O) groups is 1. The van der Waals surface area contributed by atoms with Gasteiger partial charge in [0.2, 0.25) is 5.91 Å². The number of allylic oxidation sites excluding steroid dienone is 4. The summed E-state index contributed by atoms with van der Waals surface area (Å²) in [5.74, 6) is -0.847. The Morgan fingerprint density at radius 2 is 1.76 bits per heavy atom. The number of hydrogen-bond donors (Lipinski definition) is 1. The third-order valence-corrected chi connectivity index (χ3v) is 5.51. The number of amides is 1. The van der Waals surface area contributed by atoms with E-state index in [0.717, 1.165) is 23.8 Å². The Morgan fingerprint density at radius 1 is 1.06 bits per heavy atom. The molecule has 1 aliphatic heterocycles. The Labute approximate surface area is 188 Å². The number of carbonyl (C=O) groups excluding carboxylic acids is 1. The molecular weight excluding hydrogens is 446 g/mol. The van der Waals surface area contributed by atoms with Gasteiger partial charge in [0.1, 0.15) is 0 Å². The maximum Gasteiger partial charge on any atom is 0.418 e. The second-order valence-electron chi connectivity index (χ2n) is 9.54. The average Bonchev–Trinajstić information content (AvgIpc) is 2.87. The zero-order valence-corrected chi connectivity index (χ0v) is 18.6. The van der Waals surface area contributed by atoms with Crippen LogP contribution < -0.4 is 10.2 Å². The molecule has 1 aliphatic carbocycles. The van der Waals surface area contributed by atoms with E-state index in [-0.39, 0.29) is 30.0 Å². The van der Waals surface area contributed by atoms with Crippen LogP contribution in [0, 0.1) is 11.3 Å². The number of rotatable bonds is 3. The van der Waals surface area contributed by atoms with Gasteiger partial charge in [-0.05, 0) is 30.0 Å². The van der Waals surface area contributed by atoms with Crippen molar-refractivity contribution < 1.29 is 31.1 Å². The first-order chi connectivity index (χ1) is 15.1. The number of nitrogens with one attached hydrogen (secondary N) is 1. The molecule has 9 heteroatoms. The van der Waals surface area contributed by atoms with Crippen LogP contribution in [0.4, 0.5) is 37.7 Å². The minimum Gasteiger partial charge on any atom is -0.370 e. The summed E-state index contributed by atoms with van der Waals surface area (Å²) in [7, 11) is 0. The molecule has 0 radical (unpaired) electrons. The molecule has 1 atom stereocenters. The molecule has 2 aliphatic rings. The number of anilines is 2. The molecule has 3 nitrogen and oxygen atoms in total. The summed E-state index contributed by atoms with van der Waals surface area (Å²) >= 11 is 0. The maximum absolute atomic E-state index is 13.8. The molecule has 1 fully saturated rings. The summed E-state index contributed by atoms with van der Waals surface area (Å²) in [6.45, 7) is 6.07. The van der Waals surface area contributed by atoms with Gasteiger partial charge in [0.15, 0.2) is 0 Å². The SMILES string of the molecule is CC(C)(C)CC(=O)Nc1ccc(N2CCC3=CC=C(C(F)(F)F)C=CC3C2)cc1C(F)(F)F. The van der Waals surface area contributed by atoms with E-state index in [1.165, 1.54) is 24.3 Å². The Bertz CT molecular complexity index is 996. The van der Waals surface area contributed by atoms with Crippen LogP contribution in [-0.2, 0) is 11.0 Å². The Hall–Kier alpha value is -2.71. The summed E-state index contributed by atoms with van der Waals surface area (Å²) in [4.78, 5) is 13.9. The number of fused-ring (bicyclic) bond motifs is 1. The number of piperidine rings is 1. The second kappa shape index (κ2) is 8.91. The summed E-state index contributed by atoms with van der Waals surface area (Å²) in [6, 6.07) is 3.72. The van der Waals surface area contributed by atoms with Crippen LogP contribution in [0.3, 0.4) is 0 Å². The van der Waals surface area contributed by atoms with Crippen LogP contribution in [0.25, 0.3) is 0 Å². The molecule has 0 spiro atoms. The average molecular weight is 472 g/mol. The first kappa shape index (κ1) is 24.9. The Balaban J connectivity index is 1.83. The highest BCUT2D eigenvalue weighted by atomic mass is 19.4. The lowest BCUT2D eigenvalue weighted by Gasteiger charge is -2.35. The zero-order chi connectivity index (χ0) is 24.6. The zero-order valence-electron chi connectivity index (χ0n) is 18.6. The van der Waals surface area contributed by atoms with Gasteiger partial charge < -0.3 is 10.2 Å². The van der Waals surface area contributed by atoms with Crippen molar-refractivity contribution in [3.63, 3.8) is 0 Å². The molecule has 1 N–H and O–H groups in total. The fourth-order valence-corrected chi connectivity index (χ4v) is 3.93. The molecule has 1 aromatic carbocycles. The lowest BCUT2D eigenvalue weighted by molar-refractivity contribution is -0.137. The van der Waals surface area contributed by atoms with E-state index < -0.39 is 29.4 Å². The Morgan fingerprint density at radius 3 is 2.36 bits per heavy atom. The van der Waals surface area contributed by atoms with Gasteiger partial charge in [-0.25, -0.2) is 0 Å². The van der Waals surface area contributed by atoms with Crippen molar-refractivity contribution in [2.24, 2.45) is 11.3 Å². The maximum atomic E-state index is 13.8. The minimum absolute atomic E-state index is 0.0647. The van der Waals surface area contributed by atoms with Crippen molar-refractivity contribution in [3.05, 3.63) is 59.2 Å². The highest BCUT2D eigenvalue weighted by Gasteiger charge is 2.36. The Kier molecular flexibility index (Phi) is 6.73. The normalized spacial score (nSPS) is 19.4. The largest absolute Gasteiger partial charge is 0.418 e. The molecule has 0 aromatic heterocycles. The van der Waals surface area contributed by atoms with Gasteiger partial charge in [-0.2, -0.15) is 26.3 Å². The highest BCUT2D eigenvalue weighted by Crippen LogP contribution is 2.39. The van der Waals surface area contributed by atoms with Crippen molar-refractivity contribution in [1.82, 2.24) is 0 Å². The fraction of sp³-hybridized carbons (Fsp3) is 0.458. The van der Waals surface area contributed by atoms with Gasteiger partial charge in [-0.3, -0.25) is 4.79 Å². The third-order valence-electron chi connectivity index (χ3n) is 5.51. The van der Waals surface area contributed by atoms with Crippen LogP contribution in [0.1, 0.15) is 39.2 Å². The van der Waals surface area contributed by atoms with E-state index in [4.69, 9.17) is 0 Å². The predicted molar refractivity (Wildman–Crippen MR) is 116 cm³/mol. The van der Waals surface area contributed by atoms with Gasteiger partial charge in [-0.1, -0.05) is 50.6 Å². The molecular formula is C24H26F6N2O. The lowest BCUT2D eigenvalue weighted by Crippen LogP contribution is -2.36. The number of alkyl halides is 6. The van der Waals surface area contributed by atoms with Crippen LogP contribution >= 0.6 is 0 Å². The van der Waals surface area contributed by atoms with Gasteiger partial charge in [0.25, 0.3) is 0 Å². The van der Waals surface area contributed by atoms with Gasteiger partial charge in [0.05, 0.1) is 16.8 Å².